The Morgan fingerprint density at radius 3 is 2.75 bits per heavy atom. The second-order valence-corrected chi connectivity index (χ2v) is 8.26. The van der Waals surface area contributed by atoms with Gasteiger partial charge in [0, 0.05) is 62.9 Å². The molecule has 9 heteroatoms. The van der Waals surface area contributed by atoms with E-state index < -0.39 is 0 Å². The van der Waals surface area contributed by atoms with Crippen LogP contribution >= 0.6 is 12.2 Å². The molecule has 0 aromatic carbocycles. The number of rotatable bonds is 6. The molecule has 2 aliphatic rings. The minimum atomic E-state index is -0.284. The Hall–Kier alpha value is -3.14. The SMILES string of the molecule is C=C(CN1CCNCC1)n1cc(C2=CC=CC=C(NC(=O)c3cnc(C)cn3)C2)[nH]c1=S. The van der Waals surface area contributed by atoms with E-state index in [1.54, 1.807) is 6.20 Å². The number of aryl methyl sites for hydroxylation is 1. The molecule has 0 bridgehead atoms. The van der Waals surface area contributed by atoms with Crippen LogP contribution in [0.4, 0.5) is 0 Å². The van der Waals surface area contributed by atoms with E-state index in [1.807, 2.05) is 42.0 Å². The number of hydrogen-bond donors (Lipinski definition) is 3. The van der Waals surface area contributed by atoms with Gasteiger partial charge in [-0.2, -0.15) is 0 Å². The van der Waals surface area contributed by atoms with E-state index in [0.29, 0.717) is 11.2 Å². The first-order valence-corrected chi connectivity index (χ1v) is 11.0. The van der Waals surface area contributed by atoms with Crippen molar-refractivity contribution in [2.24, 2.45) is 0 Å². The molecule has 0 spiro atoms. The predicted molar refractivity (Wildman–Crippen MR) is 128 cm³/mol. The maximum absolute atomic E-state index is 12.6. The number of H-pyrrole nitrogens is 1. The third-order valence-electron chi connectivity index (χ3n) is 5.40. The third-order valence-corrected chi connectivity index (χ3v) is 5.69. The Morgan fingerprint density at radius 2 is 2.00 bits per heavy atom. The number of nitrogens with zero attached hydrogens (tertiary/aromatic N) is 4. The van der Waals surface area contributed by atoms with Gasteiger partial charge in [0.15, 0.2) is 4.77 Å². The van der Waals surface area contributed by atoms with E-state index in [1.165, 1.54) is 6.20 Å². The van der Waals surface area contributed by atoms with E-state index in [4.69, 9.17) is 12.2 Å². The van der Waals surface area contributed by atoms with Crippen LogP contribution in [0.25, 0.3) is 11.3 Å². The van der Waals surface area contributed by atoms with Crippen molar-refractivity contribution in [3.8, 4) is 0 Å². The normalized spacial score (nSPS) is 16.8. The molecule has 4 rings (SSSR count). The number of piperazine rings is 1. The lowest BCUT2D eigenvalue weighted by molar-refractivity contribution is 0.0960. The number of aromatic nitrogens is 4. The highest BCUT2D eigenvalue weighted by atomic mass is 32.1. The van der Waals surface area contributed by atoms with Gasteiger partial charge in [0.05, 0.1) is 17.6 Å². The topological polar surface area (TPSA) is 90.9 Å². The average Bonchev–Trinajstić information content (AvgIpc) is 3.03. The van der Waals surface area contributed by atoms with Crippen molar-refractivity contribution in [2.45, 2.75) is 13.3 Å². The monoisotopic (exact) mass is 449 g/mol. The van der Waals surface area contributed by atoms with Crippen molar-refractivity contribution in [1.82, 2.24) is 35.1 Å². The number of imidazole rings is 1. The Labute approximate surface area is 192 Å². The van der Waals surface area contributed by atoms with Crippen LogP contribution in [0.5, 0.6) is 0 Å². The first-order valence-electron chi connectivity index (χ1n) is 10.6. The largest absolute Gasteiger partial charge is 0.331 e. The van der Waals surface area contributed by atoms with Gasteiger partial charge < -0.3 is 15.6 Å². The van der Waals surface area contributed by atoms with Crippen LogP contribution in [0.2, 0.25) is 0 Å². The zero-order valence-electron chi connectivity index (χ0n) is 18.1. The van der Waals surface area contributed by atoms with Crippen molar-refractivity contribution >= 4 is 29.4 Å². The lowest BCUT2D eigenvalue weighted by atomic mass is 10.1. The number of aromatic amines is 1. The number of carbonyl (C=O) groups is 1. The first-order chi connectivity index (χ1) is 15.5. The molecular formula is C23H27N7OS. The molecule has 0 unspecified atom stereocenters. The molecule has 1 fully saturated rings. The molecule has 8 nitrogen and oxygen atoms in total. The van der Waals surface area contributed by atoms with E-state index in [2.05, 4.69) is 37.1 Å². The second kappa shape index (κ2) is 9.99. The number of carbonyl (C=O) groups excluding carboxylic acids is 1. The minimum Gasteiger partial charge on any atom is -0.331 e. The van der Waals surface area contributed by atoms with Crippen LogP contribution in [0, 0.1) is 11.7 Å². The van der Waals surface area contributed by atoms with Crippen molar-refractivity contribution < 1.29 is 4.79 Å². The highest BCUT2D eigenvalue weighted by Crippen LogP contribution is 2.24. The lowest BCUT2D eigenvalue weighted by Crippen LogP contribution is -2.44. The standard InChI is InChI=1S/C23H27N7OS/c1-16-12-26-20(13-25-16)22(31)27-19-6-4-3-5-18(11-19)21-15-30(23(32)28-21)17(2)14-29-9-7-24-8-10-29/h3-6,12-13,15,24H,2,7-11,14H2,1H3,(H,27,31)(H,28,32). The van der Waals surface area contributed by atoms with Gasteiger partial charge >= 0.3 is 0 Å². The van der Waals surface area contributed by atoms with Gasteiger partial charge in [-0.3, -0.25) is 19.2 Å². The van der Waals surface area contributed by atoms with Gasteiger partial charge in [-0.15, -0.1) is 0 Å². The van der Waals surface area contributed by atoms with Gasteiger partial charge in [-0.25, -0.2) is 4.98 Å². The third kappa shape index (κ3) is 5.37. The fraction of sp³-hybridized carbons (Fsp3) is 0.304. The van der Waals surface area contributed by atoms with E-state index in [9.17, 15) is 4.79 Å². The summed E-state index contributed by atoms with van der Waals surface area (Å²) in [6.45, 7) is 10.8. The van der Waals surface area contributed by atoms with Gasteiger partial charge in [0.25, 0.3) is 5.91 Å². The quantitative estimate of drug-likeness (QED) is 0.588. The zero-order valence-corrected chi connectivity index (χ0v) is 18.9. The number of amides is 1. The zero-order chi connectivity index (χ0) is 22.5. The molecule has 3 N–H and O–H groups in total. The highest BCUT2D eigenvalue weighted by molar-refractivity contribution is 7.71. The summed E-state index contributed by atoms with van der Waals surface area (Å²) in [5.41, 5.74) is 4.67. The van der Waals surface area contributed by atoms with E-state index in [-0.39, 0.29) is 11.6 Å². The molecule has 1 saturated heterocycles. The van der Waals surface area contributed by atoms with Crippen molar-refractivity contribution in [2.75, 3.05) is 32.7 Å². The Morgan fingerprint density at radius 1 is 1.22 bits per heavy atom. The molecule has 166 valence electrons. The fourth-order valence-electron chi connectivity index (χ4n) is 3.65. The molecule has 2 aromatic heterocycles. The van der Waals surface area contributed by atoms with Gasteiger partial charge in [0.2, 0.25) is 0 Å². The van der Waals surface area contributed by atoms with Crippen molar-refractivity contribution in [1.29, 1.82) is 0 Å². The maximum Gasteiger partial charge on any atom is 0.275 e. The fourth-order valence-corrected chi connectivity index (χ4v) is 3.95. The predicted octanol–water partition coefficient (Wildman–Crippen LogP) is 2.68. The summed E-state index contributed by atoms with van der Waals surface area (Å²) < 4.78 is 2.55. The van der Waals surface area contributed by atoms with Crippen molar-refractivity contribution in [3.05, 3.63) is 77.0 Å². The molecule has 1 amide bonds. The summed E-state index contributed by atoms with van der Waals surface area (Å²) >= 11 is 5.56. The summed E-state index contributed by atoms with van der Waals surface area (Å²) in [6.07, 6.45) is 13.3. The molecule has 1 aliphatic carbocycles. The average molecular weight is 450 g/mol. The Balaban J connectivity index is 1.45. The second-order valence-electron chi connectivity index (χ2n) is 7.88. The molecule has 0 radical (unpaired) electrons. The van der Waals surface area contributed by atoms with Crippen LogP contribution in [0.1, 0.15) is 28.3 Å². The number of nitrogens with one attached hydrogen (secondary N) is 3. The highest BCUT2D eigenvalue weighted by Gasteiger charge is 2.16. The van der Waals surface area contributed by atoms with Crippen LogP contribution in [0.15, 0.2) is 55.2 Å². The molecule has 0 atom stereocenters. The number of allylic oxidation sites excluding steroid dienone is 5. The Bertz CT molecular complexity index is 1150. The summed E-state index contributed by atoms with van der Waals surface area (Å²) in [5.74, 6) is -0.284. The van der Waals surface area contributed by atoms with Crippen LogP contribution < -0.4 is 10.6 Å². The molecule has 2 aromatic rings. The van der Waals surface area contributed by atoms with Gasteiger partial charge in [-0.1, -0.05) is 24.8 Å². The van der Waals surface area contributed by atoms with Crippen LogP contribution in [-0.4, -0.2) is 63.0 Å². The van der Waals surface area contributed by atoms with E-state index >= 15 is 0 Å². The first kappa shape index (κ1) is 22.1. The Kier molecular flexibility index (Phi) is 6.89. The molecule has 0 saturated carbocycles. The van der Waals surface area contributed by atoms with Gasteiger partial charge in [-0.05, 0) is 30.8 Å². The van der Waals surface area contributed by atoms with Crippen molar-refractivity contribution in [3.63, 3.8) is 0 Å². The molecule has 1 aliphatic heterocycles. The lowest BCUT2D eigenvalue weighted by Gasteiger charge is -2.27. The summed E-state index contributed by atoms with van der Waals surface area (Å²) in [7, 11) is 0. The summed E-state index contributed by atoms with van der Waals surface area (Å²) in [4.78, 5) is 26.5. The van der Waals surface area contributed by atoms with Crippen LogP contribution in [-0.2, 0) is 0 Å². The molecule has 32 heavy (non-hydrogen) atoms. The molecular weight excluding hydrogens is 422 g/mol. The van der Waals surface area contributed by atoms with Gasteiger partial charge in [0.1, 0.15) is 5.69 Å². The number of hydrogen-bond acceptors (Lipinski definition) is 6. The van der Waals surface area contributed by atoms with E-state index in [0.717, 1.165) is 61.1 Å². The summed E-state index contributed by atoms with van der Waals surface area (Å²) in [5, 5.41) is 6.30. The molecule has 3 heterocycles. The minimum absolute atomic E-state index is 0.282. The van der Waals surface area contributed by atoms with Crippen LogP contribution in [0.3, 0.4) is 0 Å². The summed E-state index contributed by atoms with van der Waals surface area (Å²) in [6, 6.07) is 0. The smallest absolute Gasteiger partial charge is 0.275 e. The maximum atomic E-state index is 12.6.